The number of hydrogen-bond acceptors (Lipinski definition) is 4. The first-order valence-electron chi connectivity index (χ1n) is 7.86. The Labute approximate surface area is 132 Å². The molecule has 2 fully saturated rings. The summed E-state index contributed by atoms with van der Waals surface area (Å²) in [5.74, 6) is 1.19. The number of amides is 2. The summed E-state index contributed by atoms with van der Waals surface area (Å²) in [7, 11) is 2.09. The van der Waals surface area contributed by atoms with Crippen molar-refractivity contribution in [3.8, 4) is 0 Å². The lowest BCUT2D eigenvalue weighted by atomic mass is 9.97. The lowest BCUT2D eigenvalue weighted by Crippen LogP contribution is -2.45. The van der Waals surface area contributed by atoms with E-state index < -0.39 is 0 Å². The van der Waals surface area contributed by atoms with Crippen molar-refractivity contribution in [2.24, 2.45) is 5.92 Å². The van der Waals surface area contributed by atoms with Gasteiger partial charge in [0.15, 0.2) is 0 Å². The zero-order valence-electron chi connectivity index (χ0n) is 13.2. The van der Waals surface area contributed by atoms with Gasteiger partial charge in [-0.2, -0.15) is 11.8 Å². The van der Waals surface area contributed by atoms with Gasteiger partial charge >= 0.3 is 0 Å². The van der Waals surface area contributed by atoms with Crippen LogP contribution >= 0.6 is 11.8 Å². The second kappa shape index (κ2) is 8.03. The summed E-state index contributed by atoms with van der Waals surface area (Å²) < 4.78 is 0. The third-order valence-electron chi connectivity index (χ3n) is 4.40. The average Bonchev–Trinajstić information content (AvgIpc) is 2.72. The monoisotopic (exact) mass is 313 g/mol. The molecular weight excluding hydrogens is 286 g/mol. The van der Waals surface area contributed by atoms with Gasteiger partial charge in [-0.25, -0.2) is 0 Å². The number of carbonyl (C=O) groups is 2. The molecule has 0 N–H and O–H groups in total. The van der Waals surface area contributed by atoms with Crippen molar-refractivity contribution in [1.82, 2.24) is 14.7 Å². The van der Waals surface area contributed by atoms with E-state index in [1.165, 1.54) is 0 Å². The molecule has 2 heterocycles. The van der Waals surface area contributed by atoms with Gasteiger partial charge < -0.3 is 14.7 Å². The Balaban J connectivity index is 1.87. The molecule has 120 valence electrons. The summed E-state index contributed by atoms with van der Waals surface area (Å²) in [6.07, 6.45) is 4.97. The van der Waals surface area contributed by atoms with Crippen molar-refractivity contribution < 1.29 is 9.59 Å². The molecule has 6 heteroatoms. The Hall–Kier alpha value is -0.750. The zero-order valence-corrected chi connectivity index (χ0v) is 14.0. The van der Waals surface area contributed by atoms with Crippen LogP contribution in [0.1, 0.15) is 19.3 Å². The molecule has 0 aromatic heterocycles. The van der Waals surface area contributed by atoms with Crippen LogP contribution in [-0.2, 0) is 9.59 Å². The zero-order chi connectivity index (χ0) is 15.2. The highest BCUT2D eigenvalue weighted by Crippen LogP contribution is 2.19. The molecule has 2 aliphatic rings. The van der Waals surface area contributed by atoms with Gasteiger partial charge in [0.25, 0.3) is 0 Å². The molecule has 0 radical (unpaired) electrons. The molecule has 21 heavy (non-hydrogen) atoms. The van der Waals surface area contributed by atoms with Gasteiger partial charge in [0.05, 0.1) is 11.7 Å². The Kier molecular flexibility index (Phi) is 6.36. The average molecular weight is 313 g/mol. The lowest BCUT2D eigenvalue weighted by molar-refractivity contribution is -0.137. The fourth-order valence-electron chi connectivity index (χ4n) is 3.23. The molecule has 1 atom stereocenters. The summed E-state index contributed by atoms with van der Waals surface area (Å²) in [6, 6.07) is 0. The van der Waals surface area contributed by atoms with Crippen molar-refractivity contribution in [2.45, 2.75) is 19.3 Å². The summed E-state index contributed by atoms with van der Waals surface area (Å²) in [5, 5.41) is 0. The lowest BCUT2D eigenvalue weighted by Gasteiger charge is -2.32. The molecule has 0 bridgehead atoms. The van der Waals surface area contributed by atoms with Crippen LogP contribution in [0.15, 0.2) is 0 Å². The third-order valence-corrected chi connectivity index (χ3v) is 4.94. The van der Waals surface area contributed by atoms with E-state index in [4.69, 9.17) is 0 Å². The van der Waals surface area contributed by atoms with E-state index in [9.17, 15) is 9.59 Å². The number of rotatable bonds is 3. The van der Waals surface area contributed by atoms with Crippen LogP contribution in [0, 0.1) is 5.92 Å². The molecule has 2 amide bonds. The van der Waals surface area contributed by atoms with E-state index in [1.807, 2.05) is 16.1 Å². The van der Waals surface area contributed by atoms with Crippen molar-refractivity contribution in [1.29, 1.82) is 0 Å². The molecule has 0 aromatic carbocycles. The van der Waals surface area contributed by atoms with E-state index in [0.29, 0.717) is 24.7 Å². The third kappa shape index (κ3) is 4.61. The number of thioether (sulfide) groups is 1. The first-order valence-corrected chi connectivity index (χ1v) is 9.25. The molecule has 0 aromatic rings. The molecule has 2 aliphatic heterocycles. The van der Waals surface area contributed by atoms with E-state index in [1.54, 1.807) is 11.8 Å². The second-order valence-corrected chi connectivity index (χ2v) is 6.96. The minimum atomic E-state index is 0.150. The predicted molar refractivity (Wildman–Crippen MR) is 86.4 cm³/mol. The maximum atomic E-state index is 12.6. The molecule has 0 saturated carbocycles. The van der Waals surface area contributed by atoms with Crippen LogP contribution < -0.4 is 0 Å². The van der Waals surface area contributed by atoms with E-state index in [0.717, 1.165) is 45.4 Å². The predicted octanol–water partition coefficient (Wildman–Crippen LogP) is 0.752. The van der Waals surface area contributed by atoms with Gasteiger partial charge in [-0.05, 0) is 39.1 Å². The number of hydrogen-bond donors (Lipinski definition) is 0. The van der Waals surface area contributed by atoms with Crippen molar-refractivity contribution in [3.63, 3.8) is 0 Å². The fourth-order valence-corrected chi connectivity index (χ4v) is 3.66. The van der Waals surface area contributed by atoms with Crippen LogP contribution in [0.4, 0.5) is 0 Å². The quantitative estimate of drug-likeness (QED) is 0.771. The second-order valence-electron chi connectivity index (χ2n) is 6.09. The largest absolute Gasteiger partial charge is 0.341 e. The van der Waals surface area contributed by atoms with Crippen molar-refractivity contribution in [2.75, 3.05) is 58.3 Å². The van der Waals surface area contributed by atoms with E-state index in [-0.39, 0.29) is 11.8 Å². The highest BCUT2D eigenvalue weighted by Gasteiger charge is 2.29. The maximum absolute atomic E-state index is 12.6. The van der Waals surface area contributed by atoms with Gasteiger partial charge in [0.2, 0.25) is 11.8 Å². The van der Waals surface area contributed by atoms with E-state index in [2.05, 4.69) is 11.9 Å². The van der Waals surface area contributed by atoms with Gasteiger partial charge in [-0.1, -0.05) is 0 Å². The minimum Gasteiger partial charge on any atom is -0.341 e. The molecule has 0 spiro atoms. The van der Waals surface area contributed by atoms with E-state index >= 15 is 0 Å². The molecular formula is C15H27N3O2S. The van der Waals surface area contributed by atoms with Crippen LogP contribution in [0.3, 0.4) is 0 Å². The standard InChI is InChI=1S/C15H27N3O2S/c1-16-6-3-5-13(11-16)15(20)18-8-4-7-17(9-10-18)14(19)12-21-2/h13H,3-12H2,1-2H3. The van der Waals surface area contributed by atoms with Gasteiger partial charge in [-0.15, -0.1) is 0 Å². The Bertz CT molecular complexity index is 378. The topological polar surface area (TPSA) is 43.9 Å². The fraction of sp³-hybridized carbons (Fsp3) is 0.867. The van der Waals surface area contributed by atoms with Crippen LogP contribution in [-0.4, -0.2) is 84.8 Å². The summed E-state index contributed by atoms with van der Waals surface area (Å²) in [4.78, 5) is 30.8. The summed E-state index contributed by atoms with van der Waals surface area (Å²) in [6.45, 7) is 4.94. The molecule has 0 aliphatic carbocycles. The number of piperidine rings is 1. The molecule has 2 rings (SSSR count). The highest BCUT2D eigenvalue weighted by atomic mass is 32.2. The molecule has 1 unspecified atom stereocenters. The highest BCUT2D eigenvalue weighted by molar-refractivity contribution is 7.99. The smallest absolute Gasteiger partial charge is 0.232 e. The number of carbonyl (C=O) groups excluding carboxylic acids is 2. The molecule has 2 saturated heterocycles. The Morgan fingerprint density at radius 2 is 1.76 bits per heavy atom. The first kappa shape index (κ1) is 16.6. The first-order chi connectivity index (χ1) is 10.1. The SMILES string of the molecule is CSCC(=O)N1CCCN(C(=O)C2CCCN(C)C2)CC1. The normalized spacial score (nSPS) is 24.8. The van der Waals surface area contributed by atoms with Gasteiger partial charge in [0.1, 0.15) is 0 Å². The Morgan fingerprint density at radius 3 is 2.48 bits per heavy atom. The van der Waals surface area contributed by atoms with Gasteiger partial charge in [0, 0.05) is 32.7 Å². The van der Waals surface area contributed by atoms with Crippen molar-refractivity contribution >= 4 is 23.6 Å². The summed E-state index contributed by atoms with van der Waals surface area (Å²) >= 11 is 1.56. The summed E-state index contributed by atoms with van der Waals surface area (Å²) in [5.41, 5.74) is 0. The van der Waals surface area contributed by atoms with Gasteiger partial charge in [-0.3, -0.25) is 9.59 Å². The number of likely N-dealkylation sites (tertiary alicyclic amines) is 1. The molecule has 5 nitrogen and oxygen atoms in total. The minimum absolute atomic E-state index is 0.150. The van der Waals surface area contributed by atoms with Crippen molar-refractivity contribution in [3.05, 3.63) is 0 Å². The van der Waals surface area contributed by atoms with Crippen LogP contribution in [0.2, 0.25) is 0 Å². The van der Waals surface area contributed by atoms with Crippen LogP contribution in [0.25, 0.3) is 0 Å². The number of nitrogens with zero attached hydrogens (tertiary/aromatic N) is 3. The Morgan fingerprint density at radius 1 is 1.05 bits per heavy atom. The maximum Gasteiger partial charge on any atom is 0.232 e. The van der Waals surface area contributed by atoms with Crippen LogP contribution in [0.5, 0.6) is 0 Å².